The number of nitrogens with zero attached hydrogens (tertiary/aromatic N) is 1. The lowest BCUT2D eigenvalue weighted by atomic mass is 9.83. The summed E-state index contributed by atoms with van der Waals surface area (Å²) in [6.45, 7) is 7.07. The van der Waals surface area contributed by atoms with Crippen LogP contribution in [0.15, 0.2) is 36.4 Å². The molecular formula is C24H31FN2O4. The number of anilines is 1. The fraction of sp³-hybridized carbons (Fsp3) is 0.458. The number of hydrogen-bond acceptors (Lipinski definition) is 5. The average Bonchev–Trinajstić information content (AvgIpc) is 2.73. The molecule has 168 valence electrons. The molecule has 2 aromatic carbocycles. The van der Waals surface area contributed by atoms with Gasteiger partial charge in [0.15, 0.2) is 11.6 Å². The van der Waals surface area contributed by atoms with E-state index in [1.165, 1.54) is 12.1 Å². The molecule has 6 nitrogen and oxygen atoms in total. The number of phenolic OH excluding ortho intramolecular Hbond substituents is 1. The average molecular weight is 431 g/mol. The number of fused-ring (bicyclic) bond motifs is 1. The summed E-state index contributed by atoms with van der Waals surface area (Å²) in [6.07, 6.45) is 1.93. The van der Waals surface area contributed by atoms with Gasteiger partial charge in [-0.05, 0) is 30.2 Å². The van der Waals surface area contributed by atoms with E-state index in [4.69, 9.17) is 15.2 Å². The van der Waals surface area contributed by atoms with Crippen molar-refractivity contribution < 1.29 is 23.8 Å². The Morgan fingerprint density at radius 2 is 2.10 bits per heavy atom. The summed E-state index contributed by atoms with van der Waals surface area (Å²) in [5.41, 5.74) is 7.54. The lowest BCUT2D eigenvalue weighted by Gasteiger charge is -2.39. The molecule has 3 rings (SSSR count). The highest BCUT2D eigenvalue weighted by molar-refractivity contribution is 5.69. The van der Waals surface area contributed by atoms with E-state index in [0.717, 1.165) is 24.0 Å². The van der Waals surface area contributed by atoms with Crippen LogP contribution < -0.4 is 10.5 Å². The van der Waals surface area contributed by atoms with Crippen LogP contribution in [0.5, 0.6) is 11.5 Å². The molecule has 1 unspecified atom stereocenters. The van der Waals surface area contributed by atoms with Crippen molar-refractivity contribution in [1.29, 1.82) is 0 Å². The summed E-state index contributed by atoms with van der Waals surface area (Å²) in [6, 6.07) is 9.49. The van der Waals surface area contributed by atoms with Crippen LogP contribution in [0.1, 0.15) is 57.2 Å². The van der Waals surface area contributed by atoms with Crippen molar-refractivity contribution in [2.24, 2.45) is 0 Å². The first kappa shape index (κ1) is 22.7. The Labute approximate surface area is 182 Å². The van der Waals surface area contributed by atoms with Crippen LogP contribution in [-0.2, 0) is 10.2 Å². The molecular weight excluding hydrogens is 399 g/mol. The van der Waals surface area contributed by atoms with E-state index >= 15 is 0 Å². The summed E-state index contributed by atoms with van der Waals surface area (Å²) in [5.74, 6) is -0.416. The summed E-state index contributed by atoms with van der Waals surface area (Å²) in [7, 11) is 0. The maximum atomic E-state index is 13.6. The second-order valence-electron chi connectivity index (χ2n) is 8.60. The van der Waals surface area contributed by atoms with Gasteiger partial charge in [-0.15, -0.1) is 0 Å². The molecule has 1 aliphatic heterocycles. The van der Waals surface area contributed by atoms with Gasteiger partial charge >= 0.3 is 6.09 Å². The van der Waals surface area contributed by atoms with E-state index < -0.39 is 23.1 Å². The molecule has 1 heterocycles. The van der Waals surface area contributed by atoms with Gasteiger partial charge in [-0.25, -0.2) is 9.18 Å². The zero-order valence-corrected chi connectivity index (χ0v) is 18.4. The third kappa shape index (κ3) is 5.21. The minimum Gasteiger partial charge on any atom is -0.505 e. The molecule has 0 radical (unpaired) electrons. The Bertz CT molecular complexity index is 932. The molecule has 0 aromatic heterocycles. The standard InChI is InChI=1S/C24H31FN2O4/c1-4-5-11-31-23(29)27(15-24(2,3)16-6-9-19(25)21(28)13-16)20-10-12-30-22-14-17(26)7-8-18(20)22/h6-9,13-14,20,28H,4-5,10-12,15,26H2,1-3H3. The molecule has 1 aliphatic rings. The highest BCUT2D eigenvalue weighted by Gasteiger charge is 2.36. The van der Waals surface area contributed by atoms with Gasteiger partial charge in [0, 0.05) is 35.7 Å². The predicted molar refractivity (Wildman–Crippen MR) is 118 cm³/mol. The van der Waals surface area contributed by atoms with Crippen LogP contribution in [-0.4, -0.2) is 35.9 Å². The van der Waals surface area contributed by atoms with Crippen molar-refractivity contribution >= 4 is 11.8 Å². The van der Waals surface area contributed by atoms with Gasteiger partial charge in [-0.3, -0.25) is 0 Å². The lowest BCUT2D eigenvalue weighted by molar-refractivity contribution is 0.0645. The molecule has 0 saturated heterocycles. The van der Waals surface area contributed by atoms with Crippen LogP contribution in [0.2, 0.25) is 0 Å². The summed E-state index contributed by atoms with van der Waals surface area (Å²) in [5, 5.41) is 9.85. The van der Waals surface area contributed by atoms with Gasteiger partial charge in [0.1, 0.15) is 5.75 Å². The van der Waals surface area contributed by atoms with Crippen molar-refractivity contribution in [3.63, 3.8) is 0 Å². The molecule has 0 bridgehead atoms. The number of amides is 1. The molecule has 1 atom stereocenters. The number of nitrogen functional groups attached to an aromatic ring is 1. The fourth-order valence-corrected chi connectivity index (χ4v) is 3.85. The minimum absolute atomic E-state index is 0.244. The number of rotatable bonds is 7. The van der Waals surface area contributed by atoms with Crippen LogP contribution >= 0.6 is 0 Å². The Morgan fingerprint density at radius 3 is 2.81 bits per heavy atom. The van der Waals surface area contributed by atoms with E-state index in [9.17, 15) is 14.3 Å². The molecule has 0 fully saturated rings. The van der Waals surface area contributed by atoms with E-state index in [1.54, 1.807) is 23.1 Å². The van der Waals surface area contributed by atoms with Gasteiger partial charge < -0.3 is 25.2 Å². The second-order valence-corrected chi connectivity index (χ2v) is 8.60. The van der Waals surface area contributed by atoms with Crippen molar-refractivity contribution in [2.45, 2.75) is 51.5 Å². The molecule has 0 aliphatic carbocycles. The SMILES string of the molecule is CCCCOC(=O)N(CC(C)(C)c1ccc(F)c(O)c1)C1CCOc2cc(N)ccc21. The van der Waals surface area contributed by atoms with Crippen molar-refractivity contribution in [2.75, 3.05) is 25.5 Å². The number of nitrogens with two attached hydrogens (primary N) is 1. The smallest absolute Gasteiger partial charge is 0.410 e. The van der Waals surface area contributed by atoms with Crippen molar-refractivity contribution in [3.8, 4) is 11.5 Å². The van der Waals surface area contributed by atoms with Gasteiger partial charge in [0.05, 0.1) is 19.3 Å². The van der Waals surface area contributed by atoms with Crippen LogP contribution in [0.3, 0.4) is 0 Å². The van der Waals surface area contributed by atoms with E-state index in [0.29, 0.717) is 37.6 Å². The largest absolute Gasteiger partial charge is 0.505 e. The van der Waals surface area contributed by atoms with Crippen LogP contribution in [0.25, 0.3) is 0 Å². The monoisotopic (exact) mass is 430 g/mol. The maximum absolute atomic E-state index is 13.6. The Balaban J connectivity index is 1.93. The van der Waals surface area contributed by atoms with Gasteiger partial charge in [0.2, 0.25) is 0 Å². The van der Waals surface area contributed by atoms with E-state index in [2.05, 4.69) is 0 Å². The third-order valence-corrected chi connectivity index (χ3v) is 5.67. The molecule has 0 spiro atoms. The number of ether oxygens (including phenoxy) is 2. The topological polar surface area (TPSA) is 85.0 Å². The number of unbranched alkanes of at least 4 members (excludes halogenated alkanes) is 1. The van der Waals surface area contributed by atoms with Gasteiger partial charge in [0.25, 0.3) is 0 Å². The number of hydrogen-bond donors (Lipinski definition) is 2. The fourth-order valence-electron chi connectivity index (χ4n) is 3.85. The number of phenols is 1. The number of halogens is 1. The van der Waals surface area contributed by atoms with Crippen LogP contribution in [0, 0.1) is 5.82 Å². The molecule has 3 N–H and O–H groups in total. The first-order valence-corrected chi connectivity index (χ1v) is 10.7. The molecule has 2 aromatic rings. The highest BCUT2D eigenvalue weighted by Crippen LogP contribution is 2.39. The molecule has 31 heavy (non-hydrogen) atoms. The van der Waals surface area contributed by atoms with Crippen molar-refractivity contribution in [1.82, 2.24) is 4.90 Å². The normalized spacial score (nSPS) is 15.7. The lowest BCUT2D eigenvalue weighted by Crippen LogP contribution is -2.44. The molecule has 1 amide bonds. The number of carbonyl (C=O) groups excluding carboxylic acids is 1. The Hall–Kier alpha value is -2.96. The summed E-state index contributed by atoms with van der Waals surface area (Å²) >= 11 is 0. The quantitative estimate of drug-likeness (QED) is 0.468. The summed E-state index contributed by atoms with van der Waals surface area (Å²) < 4.78 is 24.9. The molecule has 0 saturated carbocycles. The number of benzene rings is 2. The van der Waals surface area contributed by atoms with Gasteiger partial charge in [-0.1, -0.05) is 39.3 Å². The Kier molecular flexibility index (Phi) is 6.93. The van der Waals surface area contributed by atoms with E-state index in [-0.39, 0.29) is 6.04 Å². The van der Waals surface area contributed by atoms with Crippen molar-refractivity contribution in [3.05, 3.63) is 53.3 Å². The second kappa shape index (κ2) is 9.45. The maximum Gasteiger partial charge on any atom is 0.410 e. The minimum atomic E-state index is -0.675. The zero-order chi connectivity index (χ0) is 22.6. The first-order valence-electron chi connectivity index (χ1n) is 10.7. The number of aromatic hydroxyl groups is 1. The highest BCUT2D eigenvalue weighted by atomic mass is 19.1. The first-order chi connectivity index (χ1) is 14.7. The Morgan fingerprint density at radius 1 is 1.32 bits per heavy atom. The van der Waals surface area contributed by atoms with E-state index in [1.807, 2.05) is 26.8 Å². The predicted octanol–water partition coefficient (Wildman–Crippen LogP) is 5.15. The summed E-state index contributed by atoms with van der Waals surface area (Å²) in [4.78, 5) is 14.9. The zero-order valence-electron chi connectivity index (χ0n) is 18.4. The molecule has 7 heteroatoms. The van der Waals surface area contributed by atoms with Crippen LogP contribution in [0.4, 0.5) is 14.9 Å². The van der Waals surface area contributed by atoms with Gasteiger partial charge in [-0.2, -0.15) is 0 Å². The number of carbonyl (C=O) groups is 1. The third-order valence-electron chi connectivity index (χ3n) is 5.67.